The Morgan fingerprint density at radius 1 is 1.27 bits per heavy atom. The van der Waals surface area contributed by atoms with Crippen molar-refractivity contribution >= 4 is 28.5 Å². The number of fused-ring (bicyclic) bond motifs is 1. The van der Waals surface area contributed by atoms with Gasteiger partial charge in [-0.3, -0.25) is 4.99 Å². The molecule has 2 heterocycles. The molecule has 5 heteroatoms. The second-order valence-corrected chi connectivity index (χ2v) is 7.02. The summed E-state index contributed by atoms with van der Waals surface area (Å²) in [6, 6.07) is 12.7. The van der Waals surface area contributed by atoms with Gasteiger partial charge in [0.2, 0.25) is 0 Å². The molecule has 0 amide bonds. The van der Waals surface area contributed by atoms with E-state index in [-0.39, 0.29) is 11.7 Å². The van der Waals surface area contributed by atoms with Crippen LogP contribution in [-0.4, -0.2) is 29.4 Å². The van der Waals surface area contributed by atoms with Crippen molar-refractivity contribution in [3.63, 3.8) is 0 Å². The Bertz CT molecular complexity index is 963. The van der Waals surface area contributed by atoms with Gasteiger partial charge in [-0.25, -0.2) is 4.39 Å². The van der Waals surface area contributed by atoms with Gasteiger partial charge in [-0.2, -0.15) is 0 Å². The lowest BCUT2D eigenvalue weighted by molar-refractivity contribution is 0.442. The number of aromatic amines is 1. The Morgan fingerprint density at radius 2 is 2.12 bits per heavy atom. The van der Waals surface area contributed by atoms with Gasteiger partial charge >= 0.3 is 0 Å². The minimum atomic E-state index is -0.253. The summed E-state index contributed by atoms with van der Waals surface area (Å²) in [5, 5.41) is 11.0. The number of anilines is 1. The van der Waals surface area contributed by atoms with Crippen molar-refractivity contribution in [1.82, 2.24) is 4.98 Å². The number of aromatic nitrogens is 1. The van der Waals surface area contributed by atoms with Crippen LogP contribution in [0.4, 0.5) is 15.8 Å². The van der Waals surface area contributed by atoms with Crippen molar-refractivity contribution < 1.29 is 9.50 Å². The van der Waals surface area contributed by atoms with Crippen molar-refractivity contribution in [2.75, 3.05) is 18.0 Å². The highest BCUT2D eigenvalue weighted by Crippen LogP contribution is 2.29. The number of para-hydroxylation sites is 1. The SMILES string of the molecule is CC1CCCN(c2ccc(N=Cc3c(O)[nH]c4ccccc34)cc2F)C1. The van der Waals surface area contributed by atoms with Crippen LogP contribution in [0.3, 0.4) is 0 Å². The standard InChI is InChI=1S/C21H22FN3O/c1-14-5-4-10-25(13-14)20-9-8-15(11-18(20)22)23-12-17-16-6-2-3-7-19(16)24-21(17)26/h2-3,6-9,11-12,14,24,26H,4-5,10,13H2,1H3. The van der Waals surface area contributed by atoms with Gasteiger partial charge in [0.1, 0.15) is 5.82 Å². The second kappa shape index (κ2) is 6.83. The van der Waals surface area contributed by atoms with Gasteiger partial charge < -0.3 is 15.0 Å². The highest BCUT2D eigenvalue weighted by Gasteiger charge is 2.19. The smallest absolute Gasteiger partial charge is 0.198 e. The van der Waals surface area contributed by atoms with E-state index in [1.165, 1.54) is 12.5 Å². The van der Waals surface area contributed by atoms with Crippen LogP contribution in [-0.2, 0) is 0 Å². The minimum Gasteiger partial charge on any atom is -0.494 e. The lowest BCUT2D eigenvalue weighted by atomic mass is 9.99. The molecule has 2 aromatic carbocycles. The number of nitrogens with one attached hydrogen (secondary N) is 1. The maximum absolute atomic E-state index is 14.6. The third-order valence-corrected chi connectivity index (χ3v) is 5.00. The third-order valence-electron chi connectivity index (χ3n) is 5.00. The monoisotopic (exact) mass is 351 g/mol. The summed E-state index contributed by atoms with van der Waals surface area (Å²) >= 11 is 0. The van der Waals surface area contributed by atoms with E-state index in [9.17, 15) is 9.50 Å². The number of rotatable bonds is 3. The van der Waals surface area contributed by atoms with Crippen molar-refractivity contribution in [2.45, 2.75) is 19.8 Å². The molecule has 1 aliphatic heterocycles. The van der Waals surface area contributed by atoms with E-state index in [1.54, 1.807) is 12.3 Å². The van der Waals surface area contributed by atoms with Crippen molar-refractivity contribution in [3.8, 4) is 5.88 Å². The fourth-order valence-corrected chi connectivity index (χ4v) is 3.66. The third kappa shape index (κ3) is 3.17. The first-order valence-electron chi connectivity index (χ1n) is 9.00. The van der Waals surface area contributed by atoms with E-state index in [1.807, 2.05) is 30.3 Å². The van der Waals surface area contributed by atoms with Crippen LogP contribution in [0.15, 0.2) is 47.5 Å². The number of H-pyrrole nitrogens is 1. The molecule has 4 nitrogen and oxygen atoms in total. The van der Waals surface area contributed by atoms with E-state index < -0.39 is 0 Å². The number of hydrogen-bond donors (Lipinski definition) is 2. The minimum absolute atomic E-state index is 0.0642. The number of piperidine rings is 1. The Labute approximate surface area is 152 Å². The Hall–Kier alpha value is -2.82. The van der Waals surface area contributed by atoms with E-state index in [2.05, 4.69) is 21.8 Å². The first-order valence-corrected chi connectivity index (χ1v) is 9.00. The molecule has 0 radical (unpaired) electrons. The molecule has 1 aromatic heterocycles. The van der Waals surface area contributed by atoms with Gasteiger partial charge in [0.05, 0.1) is 16.9 Å². The molecule has 1 atom stereocenters. The predicted molar refractivity (Wildman–Crippen MR) is 104 cm³/mol. The quantitative estimate of drug-likeness (QED) is 0.653. The second-order valence-electron chi connectivity index (χ2n) is 7.02. The van der Waals surface area contributed by atoms with E-state index in [4.69, 9.17) is 0 Å². The molecule has 1 saturated heterocycles. The zero-order chi connectivity index (χ0) is 18.1. The van der Waals surface area contributed by atoms with Crippen LogP contribution < -0.4 is 4.90 Å². The number of benzene rings is 2. The maximum Gasteiger partial charge on any atom is 0.198 e. The van der Waals surface area contributed by atoms with Crippen LogP contribution in [0.2, 0.25) is 0 Å². The summed E-state index contributed by atoms with van der Waals surface area (Å²) in [4.78, 5) is 9.39. The molecule has 2 N–H and O–H groups in total. The van der Waals surface area contributed by atoms with Gasteiger partial charge in [-0.05, 0) is 37.0 Å². The van der Waals surface area contributed by atoms with Crippen LogP contribution in [0.25, 0.3) is 10.9 Å². The van der Waals surface area contributed by atoms with Crippen molar-refractivity contribution in [3.05, 3.63) is 53.8 Å². The number of hydrogen-bond acceptors (Lipinski definition) is 3. The highest BCUT2D eigenvalue weighted by atomic mass is 19.1. The molecule has 1 unspecified atom stereocenters. The molecule has 134 valence electrons. The zero-order valence-electron chi connectivity index (χ0n) is 14.7. The average molecular weight is 351 g/mol. The largest absolute Gasteiger partial charge is 0.494 e. The van der Waals surface area contributed by atoms with E-state index in [0.29, 0.717) is 22.9 Å². The molecule has 4 rings (SSSR count). The maximum atomic E-state index is 14.6. The molecule has 0 aliphatic carbocycles. The van der Waals surface area contributed by atoms with Gasteiger partial charge in [0, 0.05) is 36.3 Å². The topological polar surface area (TPSA) is 51.6 Å². The normalized spacial score (nSPS) is 18.1. The molecule has 26 heavy (non-hydrogen) atoms. The molecule has 0 bridgehead atoms. The molecular weight excluding hydrogens is 329 g/mol. The Kier molecular flexibility index (Phi) is 4.37. The first-order chi connectivity index (χ1) is 12.6. The van der Waals surface area contributed by atoms with E-state index >= 15 is 0 Å². The van der Waals surface area contributed by atoms with Gasteiger partial charge in [0.15, 0.2) is 5.88 Å². The fraction of sp³-hybridized carbons (Fsp3) is 0.286. The summed E-state index contributed by atoms with van der Waals surface area (Å²) in [5.41, 5.74) is 2.62. The van der Waals surface area contributed by atoms with Crippen molar-refractivity contribution in [2.24, 2.45) is 10.9 Å². The van der Waals surface area contributed by atoms with Crippen LogP contribution >= 0.6 is 0 Å². The summed E-state index contributed by atoms with van der Waals surface area (Å²) in [6.45, 7) is 3.99. The Balaban J connectivity index is 1.59. The first kappa shape index (κ1) is 16.6. The summed E-state index contributed by atoms with van der Waals surface area (Å²) < 4.78 is 14.6. The molecule has 0 spiro atoms. The summed E-state index contributed by atoms with van der Waals surface area (Å²) in [7, 11) is 0. The molecule has 1 fully saturated rings. The van der Waals surface area contributed by atoms with Crippen LogP contribution in [0.1, 0.15) is 25.3 Å². The molecular formula is C21H22FN3O. The average Bonchev–Trinajstić information content (AvgIpc) is 2.95. The molecule has 0 saturated carbocycles. The predicted octanol–water partition coefficient (Wildman–Crippen LogP) is 5.00. The summed E-state index contributed by atoms with van der Waals surface area (Å²) in [5.74, 6) is 0.400. The zero-order valence-corrected chi connectivity index (χ0v) is 14.7. The Morgan fingerprint density at radius 3 is 2.92 bits per heavy atom. The van der Waals surface area contributed by atoms with Gasteiger partial charge in [0.25, 0.3) is 0 Å². The van der Waals surface area contributed by atoms with Crippen molar-refractivity contribution in [1.29, 1.82) is 0 Å². The number of halogens is 1. The lowest BCUT2D eigenvalue weighted by Gasteiger charge is -2.33. The van der Waals surface area contributed by atoms with Gasteiger partial charge in [-0.15, -0.1) is 0 Å². The number of aromatic hydroxyl groups is 1. The highest BCUT2D eigenvalue weighted by molar-refractivity contribution is 6.02. The molecule has 3 aromatic rings. The van der Waals surface area contributed by atoms with E-state index in [0.717, 1.165) is 30.4 Å². The number of aliphatic imine (C=N–C) groups is 1. The lowest BCUT2D eigenvalue weighted by Crippen LogP contribution is -2.34. The van der Waals surface area contributed by atoms with Crippen LogP contribution in [0, 0.1) is 11.7 Å². The van der Waals surface area contributed by atoms with Gasteiger partial charge in [-0.1, -0.05) is 25.1 Å². The fourth-order valence-electron chi connectivity index (χ4n) is 3.66. The molecule has 1 aliphatic rings. The number of nitrogens with zero attached hydrogens (tertiary/aromatic N) is 2. The summed E-state index contributed by atoms with van der Waals surface area (Å²) in [6.07, 6.45) is 3.88. The van der Waals surface area contributed by atoms with Crippen LogP contribution in [0.5, 0.6) is 5.88 Å².